The first-order valence-electron chi connectivity index (χ1n) is 7.19. The van der Waals surface area contributed by atoms with Crippen LogP contribution in [0.5, 0.6) is 5.75 Å². The average Bonchev–Trinajstić information content (AvgIpc) is 2.92. The third-order valence-electron chi connectivity index (χ3n) is 3.06. The minimum absolute atomic E-state index is 0.0583. The molecule has 1 aromatic carbocycles. The molecule has 2 rings (SSSR count). The van der Waals surface area contributed by atoms with Crippen molar-refractivity contribution in [2.75, 3.05) is 6.61 Å². The van der Waals surface area contributed by atoms with Crippen LogP contribution < -0.4 is 4.74 Å². The molecule has 6 heteroatoms. The molecule has 0 fully saturated rings. The van der Waals surface area contributed by atoms with E-state index >= 15 is 0 Å². The van der Waals surface area contributed by atoms with Crippen LogP contribution in [0.2, 0.25) is 0 Å². The lowest BCUT2D eigenvalue weighted by Crippen LogP contribution is -2.00. The van der Waals surface area contributed by atoms with E-state index in [-0.39, 0.29) is 6.42 Å². The minimum Gasteiger partial charge on any atom is -0.493 e. The van der Waals surface area contributed by atoms with Gasteiger partial charge in [0.15, 0.2) is 0 Å². The van der Waals surface area contributed by atoms with Crippen LogP contribution in [0, 0.1) is 0 Å². The molecule has 0 saturated carbocycles. The number of halogens is 1. The zero-order valence-electron chi connectivity index (χ0n) is 12.3. The Morgan fingerprint density at radius 2 is 2.23 bits per heavy atom. The quantitative estimate of drug-likeness (QED) is 0.666. The van der Waals surface area contributed by atoms with Gasteiger partial charge in [-0.15, -0.1) is 11.3 Å². The summed E-state index contributed by atoms with van der Waals surface area (Å²) in [4.78, 5) is 15.2. The van der Waals surface area contributed by atoms with Gasteiger partial charge in [-0.05, 0) is 24.6 Å². The zero-order valence-corrected chi connectivity index (χ0v) is 14.7. The Morgan fingerprint density at radius 1 is 1.41 bits per heavy atom. The van der Waals surface area contributed by atoms with Gasteiger partial charge in [0.2, 0.25) is 0 Å². The van der Waals surface area contributed by atoms with Crippen LogP contribution in [0.3, 0.4) is 0 Å². The highest BCUT2D eigenvalue weighted by Crippen LogP contribution is 2.35. The molecule has 1 N–H and O–H groups in total. The van der Waals surface area contributed by atoms with Crippen LogP contribution in [0.1, 0.15) is 31.9 Å². The third-order valence-corrected chi connectivity index (χ3v) is 4.48. The highest BCUT2D eigenvalue weighted by atomic mass is 79.9. The smallest absolute Gasteiger partial charge is 0.309 e. The molecule has 0 spiro atoms. The number of benzene rings is 1. The fraction of sp³-hybridized carbons (Fsp3) is 0.375. The maximum absolute atomic E-state index is 10.8. The molecule has 0 aliphatic rings. The molecule has 22 heavy (non-hydrogen) atoms. The maximum atomic E-state index is 10.8. The highest BCUT2D eigenvalue weighted by molar-refractivity contribution is 9.10. The number of aromatic nitrogens is 1. The lowest BCUT2D eigenvalue weighted by atomic mass is 10.2. The number of thiazole rings is 1. The Hall–Kier alpha value is -1.40. The molecule has 0 radical (unpaired) electrons. The van der Waals surface area contributed by atoms with Crippen molar-refractivity contribution in [2.45, 2.75) is 32.6 Å². The zero-order chi connectivity index (χ0) is 15.9. The number of hydrogen-bond donors (Lipinski definition) is 1. The van der Waals surface area contributed by atoms with Crippen molar-refractivity contribution in [3.8, 4) is 16.3 Å². The summed E-state index contributed by atoms with van der Waals surface area (Å²) in [6.07, 6.45) is 3.26. The predicted octanol–water partition coefficient (Wildman–Crippen LogP) is 4.77. The number of carbonyl (C=O) groups is 1. The van der Waals surface area contributed by atoms with Gasteiger partial charge in [-0.25, -0.2) is 4.98 Å². The molecule has 0 unspecified atom stereocenters. The molecule has 1 heterocycles. The number of rotatable bonds is 8. The Labute approximate surface area is 142 Å². The number of aliphatic carboxylic acids is 1. The van der Waals surface area contributed by atoms with Crippen molar-refractivity contribution in [3.63, 3.8) is 0 Å². The SMILES string of the molecule is CCCCCOc1ccc(Br)cc1-c1nc(CC(=O)O)cs1. The summed E-state index contributed by atoms with van der Waals surface area (Å²) in [6, 6.07) is 5.81. The van der Waals surface area contributed by atoms with E-state index in [0.29, 0.717) is 12.3 Å². The number of ether oxygens (including phenoxy) is 1. The van der Waals surface area contributed by atoms with Crippen LogP contribution in [-0.4, -0.2) is 22.7 Å². The van der Waals surface area contributed by atoms with Gasteiger partial charge in [0.1, 0.15) is 10.8 Å². The van der Waals surface area contributed by atoms with E-state index in [1.807, 2.05) is 18.2 Å². The van der Waals surface area contributed by atoms with Crippen molar-refractivity contribution in [2.24, 2.45) is 0 Å². The third kappa shape index (κ3) is 4.81. The molecule has 2 aromatic rings. The van der Waals surface area contributed by atoms with Crippen molar-refractivity contribution < 1.29 is 14.6 Å². The fourth-order valence-electron chi connectivity index (χ4n) is 2.00. The van der Waals surface area contributed by atoms with Crippen molar-refractivity contribution >= 4 is 33.2 Å². The normalized spacial score (nSPS) is 10.6. The number of carboxylic acids is 1. The number of nitrogens with zero attached hydrogens (tertiary/aromatic N) is 1. The van der Waals surface area contributed by atoms with Gasteiger partial charge in [0, 0.05) is 9.85 Å². The summed E-state index contributed by atoms with van der Waals surface area (Å²) in [5.74, 6) is -0.0855. The highest BCUT2D eigenvalue weighted by Gasteiger charge is 2.13. The summed E-state index contributed by atoms with van der Waals surface area (Å²) < 4.78 is 6.81. The van der Waals surface area contributed by atoms with Crippen LogP contribution in [0.25, 0.3) is 10.6 Å². The lowest BCUT2D eigenvalue weighted by Gasteiger charge is -2.10. The number of unbranched alkanes of at least 4 members (excludes halogenated alkanes) is 2. The second-order valence-corrected chi connectivity index (χ2v) is 6.68. The van der Waals surface area contributed by atoms with Gasteiger partial charge in [0.25, 0.3) is 0 Å². The Kier molecular flexibility index (Phi) is 6.39. The van der Waals surface area contributed by atoms with Crippen LogP contribution in [0.4, 0.5) is 0 Å². The summed E-state index contributed by atoms with van der Waals surface area (Å²) in [5.41, 5.74) is 1.47. The topological polar surface area (TPSA) is 59.4 Å². The summed E-state index contributed by atoms with van der Waals surface area (Å²) in [5, 5.41) is 11.4. The molecule has 118 valence electrons. The standard InChI is InChI=1S/C16H18BrNO3S/c1-2-3-4-7-21-14-6-5-11(17)8-13(14)16-18-12(10-22-16)9-15(19)20/h5-6,8,10H,2-4,7,9H2,1H3,(H,19,20). The monoisotopic (exact) mass is 383 g/mol. The minimum atomic E-state index is -0.873. The Morgan fingerprint density at radius 3 is 2.95 bits per heavy atom. The van der Waals surface area contributed by atoms with E-state index in [9.17, 15) is 4.79 Å². The van der Waals surface area contributed by atoms with Crippen LogP contribution in [-0.2, 0) is 11.2 Å². The maximum Gasteiger partial charge on any atom is 0.309 e. The van der Waals surface area contributed by atoms with Gasteiger partial charge in [-0.3, -0.25) is 4.79 Å². The summed E-state index contributed by atoms with van der Waals surface area (Å²) >= 11 is 4.90. The second-order valence-electron chi connectivity index (χ2n) is 4.91. The van der Waals surface area contributed by atoms with Gasteiger partial charge in [0.05, 0.1) is 24.3 Å². The predicted molar refractivity (Wildman–Crippen MR) is 91.6 cm³/mol. The van der Waals surface area contributed by atoms with Crippen molar-refractivity contribution in [1.82, 2.24) is 4.98 Å². The van der Waals surface area contributed by atoms with E-state index in [1.165, 1.54) is 11.3 Å². The molecule has 0 atom stereocenters. The Balaban J connectivity index is 2.19. The van der Waals surface area contributed by atoms with Crippen LogP contribution >= 0.6 is 27.3 Å². The van der Waals surface area contributed by atoms with E-state index in [0.717, 1.165) is 40.1 Å². The van der Waals surface area contributed by atoms with Gasteiger partial charge < -0.3 is 9.84 Å². The molecule has 0 aliphatic carbocycles. The molecular formula is C16H18BrNO3S. The van der Waals surface area contributed by atoms with Crippen molar-refractivity contribution in [3.05, 3.63) is 33.7 Å². The average molecular weight is 384 g/mol. The molecule has 1 aromatic heterocycles. The van der Waals surface area contributed by atoms with Crippen LogP contribution in [0.15, 0.2) is 28.1 Å². The van der Waals surface area contributed by atoms with E-state index < -0.39 is 5.97 Å². The molecule has 0 aliphatic heterocycles. The van der Waals surface area contributed by atoms with E-state index in [2.05, 4.69) is 27.8 Å². The first-order chi connectivity index (χ1) is 10.6. The van der Waals surface area contributed by atoms with Crippen molar-refractivity contribution in [1.29, 1.82) is 0 Å². The molecular weight excluding hydrogens is 366 g/mol. The van der Waals surface area contributed by atoms with E-state index in [4.69, 9.17) is 9.84 Å². The summed E-state index contributed by atoms with van der Waals surface area (Å²) in [6.45, 7) is 2.83. The van der Waals surface area contributed by atoms with Gasteiger partial charge in [-0.1, -0.05) is 35.7 Å². The molecule has 0 saturated heterocycles. The largest absolute Gasteiger partial charge is 0.493 e. The fourth-order valence-corrected chi connectivity index (χ4v) is 3.20. The molecule has 4 nitrogen and oxygen atoms in total. The first-order valence-corrected chi connectivity index (χ1v) is 8.86. The first kappa shape index (κ1) is 17.0. The molecule has 0 bridgehead atoms. The second kappa shape index (κ2) is 8.29. The number of hydrogen-bond acceptors (Lipinski definition) is 4. The lowest BCUT2D eigenvalue weighted by molar-refractivity contribution is -0.136. The van der Waals surface area contributed by atoms with E-state index in [1.54, 1.807) is 5.38 Å². The Bertz CT molecular complexity index is 642. The summed E-state index contributed by atoms with van der Waals surface area (Å²) in [7, 11) is 0. The van der Waals surface area contributed by atoms with Gasteiger partial charge in [-0.2, -0.15) is 0 Å². The number of carboxylic acid groups (broad SMARTS) is 1. The molecule has 0 amide bonds. The van der Waals surface area contributed by atoms with Gasteiger partial charge >= 0.3 is 5.97 Å².